The Balaban J connectivity index is 0.00000256. The van der Waals surface area contributed by atoms with E-state index in [-0.39, 0.29) is 12.4 Å². The zero-order valence-corrected chi connectivity index (χ0v) is 11.8. The molecular weight excluding hydrogens is 234 g/mol. The van der Waals surface area contributed by atoms with Crippen molar-refractivity contribution in [1.82, 2.24) is 4.90 Å². The quantitative estimate of drug-likeness (QED) is 0.891. The third-order valence-electron chi connectivity index (χ3n) is 2.68. The molecule has 1 aromatic carbocycles. The van der Waals surface area contributed by atoms with Crippen LogP contribution in [0.5, 0.6) is 5.75 Å². The Morgan fingerprint density at radius 3 is 2.24 bits per heavy atom. The largest absolute Gasteiger partial charge is 0.508 e. The number of nitrogens with zero attached hydrogens (tertiary/aromatic N) is 1. The van der Waals surface area contributed by atoms with Gasteiger partial charge in [-0.1, -0.05) is 25.1 Å². The number of benzene rings is 1. The zero-order chi connectivity index (χ0) is 12.1. The summed E-state index contributed by atoms with van der Waals surface area (Å²) in [4.78, 5) is 2.19. The van der Waals surface area contributed by atoms with Crippen LogP contribution in [0.3, 0.4) is 0 Å². The average molecular weight is 256 g/mol. The van der Waals surface area contributed by atoms with Gasteiger partial charge in [-0.3, -0.25) is 0 Å². The number of hydrogen-bond acceptors (Lipinski definition) is 2. The first kappa shape index (κ1) is 16.0. The van der Waals surface area contributed by atoms with E-state index in [0.29, 0.717) is 11.7 Å². The molecule has 0 amide bonds. The van der Waals surface area contributed by atoms with E-state index in [4.69, 9.17) is 0 Å². The van der Waals surface area contributed by atoms with Crippen LogP contribution in [-0.4, -0.2) is 30.6 Å². The van der Waals surface area contributed by atoms with Crippen molar-refractivity contribution < 1.29 is 5.11 Å². The predicted octanol–water partition coefficient (Wildman–Crippen LogP) is 3.42. The smallest absolute Gasteiger partial charge is 0.115 e. The number of allylic oxidation sites excluding steroid dienone is 1. The molecule has 1 rings (SSSR count). The number of phenolic OH excluding ortho intramolecular Hbond substituents is 1. The molecule has 0 radical (unpaired) electrons. The van der Waals surface area contributed by atoms with Gasteiger partial charge in [0.05, 0.1) is 0 Å². The van der Waals surface area contributed by atoms with E-state index in [0.717, 1.165) is 6.54 Å². The van der Waals surface area contributed by atoms with Gasteiger partial charge >= 0.3 is 0 Å². The van der Waals surface area contributed by atoms with Crippen molar-refractivity contribution in [3.63, 3.8) is 0 Å². The fraction of sp³-hybridized carbons (Fsp3) is 0.429. The maximum Gasteiger partial charge on any atom is 0.115 e. The summed E-state index contributed by atoms with van der Waals surface area (Å²) in [5, 5.41) is 9.27. The van der Waals surface area contributed by atoms with Crippen molar-refractivity contribution in [2.45, 2.75) is 13.8 Å². The molecule has 0 heterocycles. The van der Waals surface area contributed by atoms with Crippen LogP contribution in [0.1, 0.15) is 19.4 Å². The van der Waals surface area contributed by atoms with Gasteiger partial charge < -0.3 is 10.0 Å². The minimum atomic E-state index is 0. The van der Waals surface area contributed by atoms with Gasteiger partial charge in [-0.2, -0.15) is 0 Å². The van der Waals surface area contributed by atoms with E-state index in [1.54, 1.807) is 12.1 Å². The highest BCUT2D eigenvalue weighted by Gasteiger charge is 2.11. The molecule has 1 aromatic rings. The molecular formula is C14H22ClNO. The number of rotatable bonds is 4. The first-order chi connectivity index (χ1) is 7.54. The van der Waals surface area contributed by atoms with Crippen LogP contribution in [0.25, 0.3) is 5.57 Å². The molecule has 0 aliphatic heterocycles. The van der Waals surface area contributed by atoms with Crippen LogP contribution in [0, 0.1) is 5.92 Å². The van der Waals surface area contributed by atoms with Crippen LogP contribution in [-0.2, 0) is 0 Å². The Morgan fingerprint density at radius 2 is 1.82 bits per heavy atom. The highest BCUT2D eigenvalue weighted by molar-refractivity contribution is 5.85. The normalized spacial score (nSPS) is 13.4. The number of aromatic hydroxyl groups is 1. The lowest BCUT2D eigenvalue weighted by molar-refractivity contribution is 0.376. The molecule has 17 heavy (non-hydrogen) atoms. The molecule has 0 aliphatic rings. The molecule has 3 heteroatoms. The molecule has 1 atom stereocenters. The molecule has 1 unspecified atom stereocenters. The van der Waals surface area contributed by atoms with Gasteiger partial charge in [0.1, 0.15) is 5.75 Å². The van der Waals surface area contributed by atoms with E-state index >= 15 is 0 Å². The standard InChI is InChI=1S/C14H21NO.ClH/c1-5-14(11(2)10-15(3)4)12-6-8-13(16)9-7-12;/h5-9,11,16H,10H2,1-4H3;1H. The number of phenols is 1. The lowest BCUT2D eigenvalue weighted by atomic mass is 9.93. The van der Waals surface area contributed by atoms with Crippen molar-refractivity contribution in [3.8, 4) is 5.75 Å². The minimum absolute atomic E-state index is 0. The summed E-state index contributed by atoms with van der Waals surface area (Å²) in [5.74, 6) is 0.809. The predicted molar refractivity (Wildman–Crippen MR) is 76.7 cm³/mol. The van der Waals surface area contributed by atoms with Crippen molar-refractivity contribution >= 4 is 18.0 Å². The van der Waals surface area contributed by atoms with Gasteiger partial charge in [-0.15, -0.1) is 12.4 Å². The Morgan fingerprint density at radius 1 is 1.29 bits per heavy atom. The van der Waals surface area contributed by atoms with Gasteiger partial charge in [0.25, 0.3) is 0 Å². The SMILES string of the molecule is CC=C(c1ccc(O)cc1)C(C)CN(C)C.Cl. The highest BCUT2D eigenvalue weighted by atomic mass is 35.5. The molecule has 0 saturated heterocycles. The highest BCUT2D eigenvalue weighted by Crippen LogP contribution is 2.25. The lowest BCUT2D eigenvalue weighted by Gasteiger charge is -2.20. The molecule has 0 saturated carbocycles. The van der Waals surface area contributed by atoms with E-state index < -0.39 is 0 Å². The van der Waals surface area contributed by atoms with Crippen molar-refractivity contribution in [2.75, 3.05) is 20.6 Å². The molecule has 0 aromatic heterocycles. The van der Waals surface area contributed by atoms with E-state index in [1.165, 1.54) is 11.1 Å². The number of halogens is 1. The second-order valence-electron chi connectivity index (χ2n) is 4.45. The first-order valence-electron chi connectivity index (χ1n) is 5.65. The van der Waals surface area contributed by atoms with Crippen LogP contribution in [0.15, 0.2) is 30.3 Å². The summed E-state index contributed by atoms with van der Waals surface area (Å²) >= 11 is 0. The molecule has 2 nitrogen and oxygen atoms in total. The average Bonchev–Trinajstić information content (AvgIpc) is 2.21. The summed E-state index contributed by atoms with van der Waals surface area (Å²) in [6.07, 6.45) is 2.15. The molecule has 0 spiro atoms. The maximum atomic E-state index is 9.27. The third-order valence-corrected chi connectivity index (χ3v) is 2.68. The van der Waals surface area contributed by atoms with Crippen LogP contribution in [0.2, 0.25) is 0 Å². The molecule has 0 fully saturated rings. The summed E-state index contributed by atoms with van der Waals surface area (Å²) < 4.78 is 0. The summed E-state index contributed by atoms with van der Waals surface area (Å²) in [7, 11) is 4.17. The first-order valence-corrected chi connectivity index (χ1v) is 5.65. The van der Waals surface area contributed by atoms with Gasteiger partial charge in [0.2, 0.25) is 0 Å². The van der Waals surface area contributed by atoms with E-state index in [9.17, 15) is 5.11 Å². The van der Waals surface area contributed by atoms with Crippen molar-refractivity contribution in [2.24, 2.45) is 5.92 Å². The van der Waals surface area contributed by atoms with Gasteiger partial charge in [-0.25, -0.2) is 0 Å². The maximum absolute atomic E-state index is 9.27. The Kier molecular flexibility index (Phi) is 6.93. The van der Waals surface area contributed by atoms with E-state index in [2.05, 4.69) is 38.9 Å². The second-order valence-corrected chi connectivity index (χ2v) is 4.45. The van der Waals surface area contributed by atoms with E-state index in [1.807, 2.05) is 12.1 Å². The monoisotopic (exact) mass is 255 g/mol. The second kappa shape index (κ2) is 7.36. The van der Waals surface area contributed by atoms with Crippen LogP contribution >= 0.6 is 12.4 Å². The fourth-order valence-electron chi connectivity index (χ4n) is 2.04. The Hall–Kier alpha value is -0.990. The lowest BCUT2D eigenvalue weighted by Crippen LogP contribution is -2.20. The van der Waals surface area contributed by atoms with Crippen molar-refractivity contribution in [1.29, 1.82) is 0 Å². The molecule has 1 N–H and O–H groups in total. The number of hydrogen-bond donors (Lipinski definition) is 1. The topological polar surface area (TPSA) is 23.5 Å². The molecule has 0 bridgehead atoms. The summed E-state index contributed by atoms with van der Waals surface area (Å²) in [5.41, 5.74) is 2.52. The summed E-state index contributed by atoms with van der Waals surface area (Å²) in [6, 6.07) is 7.41. The Bertz CT molecular complexity index is 357. The molecule has 96 valence electrons. The zero-order valence-electron chi connectivity index (χ0n) is 11.0. The van der Waals surface area contributed by atoms with Gasteiger partial charge in [0, 0.05) is 6.54 Å². The minimum Gasteiger partial charge on any atom is -0.508 e. The van der Waals surface area contributed by atoms with Crippen LogP contribution < -0.4 is 0 Å². The Labute approximate surface area is 110 Å². The van der Waals surface area contributed by atoms with Crippen LogP contribution in [0.4, 0.5) is 0 Å². The van der Waals surface area contributed by atoms with Gasteiger partial charge in [-0.05, 0) is 50.2 Å². The third kappa shape index (κ3) is 4.80. The molecule has 0 aliphatic carbocycles. The summed E-state index contributed by atoms with van der Waals surface area (Å²) in [6.45, 7) is 5.32. The van der Waals surface area contributed by atoms with Gasteiger partial charge in [0.15, 0.2) is 0 Å². The fourth-order valence-corrected chi connectivity index (χ4v) is 2.04. The van der Waals surface area contributed by atoms with Crippen molar-refractivity contribution in [3.05, 3.63) is 35.9 Å².